The zero-order chi connectivity index (χ0) is 17.4. The molecule has 1 saturated heterocycles. The molecule has 1 fully saturated rings. The summed E-state index contributed by atoms with van der Waals surface area (Å²) in [6.07, 6.45) is 2.10. The summed E-state index contributed by atoms with van der Waals surface area (Å²) < 4.78 is 0. The summed E-state index contributed by atoms with van der Waals surface area (Å²) in [5.74, 6) is 0.251. The highest BCUT2D eigenvalue weighted by Gasteiger charge is 2.43. The van der Waals surface area contributed by atoms with E-state index in [0.29, 0.717) is 22.9 Å². The van der Waals surface area contributed by atoms with E-state index in [1.165, 1.54) is 16.2 Å². The maximum Gasteiger partial charge on any atom is 0.282 e. The number of carbonyl (C=O) groups excluding carboxylic acids is 2. The normalized spacial score (nSPS) is 19.2. The molecule has 0 spiro atoms. The molecule has 2 aromatic rings. The van der Waals surface area contributed by atoms with E-state index in [0.717, 1.165) is 30.8 Å². The van der Waals surface area contributed by atoms with Gasteiger partial charge in [0.25, 0.3) is 11.8 Å². The van der Waals surface area contributed by atoms with E-state index in [2.05, 4.69) is 11.8 Å². The third-order valence-corrected chi connectivity index (χ3v) is 5.83. The SMILES string of the molecule is CC1CCN(C2=C(c3cccs3)C(=O)N(c3ccccc3)C2=O)CC1. The highest BCUT2D eigenvalue weighted by Crippen LogP contribution is 2.37. The number of hydrogen-bond acceptors (Lipinski definition) is 4. The van der Waals surface area contributed by atoms with Crippen molar-refractivity contribution in [3.8, 4) is 0 Å². The van der Waals surface area contributed by atoms with E-state index in [1.54, 1.807) is 0 Å². The number of amides is 2. The van der Waals surface area contributed by atoms with Crippen molar-refractivity contribution in [1.29, 1.82) is 0 Å². The first kappa shape index (κ1) is 16.1. The molecule has 0 aliphatic carbocycles. The topological polar surface area (TPSA) is 40.6 Å². The van der Waals surface area contributed by atoms with E-state index >= 15 is 0 Å². The Kier molecular flexibility index (Phi) is 4.17. The van der Waals surface area contributed by atoms with Crippen LogP contribution in [0.15, 0.2) is 53.5 Å². The van der Waals surface area contributed by atoms with Crippen molar-refractivity contribution in [3.63, 3.8) is 0 Å². The molecule has 0 unspecified atom stereocenters. The second-order valence-electron chi connectivity index (χ2n) is 6.65. The smallest absolute Gasteiger partial charge is 0.282 e. The average Bonchev–Trinajstić information content (AvgIpc) is 3.23. The molecule has 1 aromatic carbocycles. The van der Waals surface area contributed by atoms with Gasteiger partial charge in [0.05, 0.1) is 11.3 Å². The first-order valence-electron chi connectivity index (χ1n) is 8.63. The van der Waals surface area contributed by atoms with Crippen molar-refractivity contribution in [1.82, 2.24) is 4.90 Å². The van der Waals surface area contributed by atoms with Gasteiger partial charge < -0.3 is 4.90 Å². The molecule has 4 rings (SSSR count). The van der Waals surface area contributed by atoms with Crippen LogP contribution < -0.4 is 4.90 Å². The first-order valence-corrected chi connectivity index (χ1v) is 9.51. The minimum atomic E-state index is -0.215. The quantitative estimate of drug-likeness (QED) is 0.790. The number of hydrogen-bond donors (Lipinski definition) is 0. The molecule has 3 heterocycles. The van der Waals surface area contributed by atoms with E-state index in [9.17, 15) is 9.59 Å². The molecule has 4 nitrogen and oxygen atoms in total. The van der Waals surface area contributed by atoms with Gasteiger partial charge >= 0.3 is 0 Å². The van der Waals surface area contributed by atoms with Gasteiger partial charge in [-0.2, -0.15) is 0 Å². The lowest BCUT2D eigenvalue weighted by molar-refractivity contribution is -0.120. The second kappa shape index (κ2) is 6.48. The number of anilines is 1. The molecule has 0 radical (unpaired) electrons. The summed E-state index contributed by atoms with van der Waals surface area (Å²) in [6.45, 7) is 3.89. The number of thiophene rings is 1. The van der Waals surface area contributed by atoms with Crippen molar-refractivity contribution in [3.05, 3.63) is 58.4 Å². The molecule has 2 amide bonds. The number of rotatable bonds is 3. The molecule has 128 valence electrons. The number of benzene rings is 1. The maximum absolute atomic E-state index is 13.2. The number of para-hydroxylation sites is 1. The van der Waals surface area contributed by atoms with Crippen LogP contribution in [-0.4, -0.2) is 29.8 Å². The summed E-state index contributed by atoms with van der Waals surface area (Å²) >= 11 is 1.51. The monoisotopic (exact) mass is 352 g/mol. The Morgan fingerprint density at radius 3 is 2.32 bits per heavy atom. The number of carbonyl (C=O) groups is 2. The van der Waals surface area contributed by atoms with Crippen LogP contribution in [0.1, 0.15) is 24.6 Å². The van der Waals surface area contributed by atoms with E-state index in [-0.39, 0.29) is 11.8 Å². The maximum atomic E-state index is 13.2. The van der Waals surface area contributed by atoms with E-state index < -0.39 is 0 Å². The molecule has 5 heteroatoms. The standard InChI is InChI=1S/C20H20N2O2S/c1-14-9-11-21(12-10-14)18-17(16-8-5-13-25-16)19(23)22(20(18)24)15-6-3-2-4-7-15/h2-8,13-14H,9-12H2,1H3. The van der Waals surface area contributed by atoms with Gasteiger partial charge in [-0.3, -0.25) is 9.59 Å². The lowest BCUT2D eigenvalue weighted by Crippen LogP contribution is -2.38. The van der Waals surface area contributed by atoms with Gasteiger partial charge in [-0.15, -0.1) is 11.3 Å². The van der Waals surface area contributed by atoms with Crippen LogP contribution in [0, 0.1) is 5.92 Å². The summed E-state index contributed by atoms with van der Waals surface area (Å²) in [5.41, 5.74) is 1.76. The number of piperidine rings is 1. The Balaban J connectivity index is 1.78. The lowest BCUT2D eigenvalue weighted by atomic mass is 9.98. The number of imide groups is 1. The van der Waals surface area contributed by atoms with Crippen LogP contribution in [0.25, 0.3) is 5.57 Å². The minimum absolute atomic E-state index is 0.200. The molecule has 0 N–H and O–H groups in total. The fraction of sp³-hybridized carbons (Fsp3) is 0.300. The molecule has 0 bridgehead atoms. The van der Waals surface area contributed by atoms with Crippen LogP contribution in [0.2, 0.25) is 0 Å². The fourth-order valence-electron chi connectivity index (χ4n) is 3.50. The predicted octanol–water partition coefficient (Wildman–Crippen LogP) is 3.76. The molecule has 25 heavy (non-hydrogen) atoms. The van der Waals surface area contributed by atoms with Crippen molar-refractivity contribution in [2.45, 2.75) is 19.8 Å². The molecular formula is C20H20N2O2S. The van der Waals surface area contributed by atoms with Gasteiger partial charge in [-0.1, -0.05) is 31.2 Å². The fourth-order valence-corrected chi connectivity index (χ4v) is 4.26. The third kappa shape index (κ3) is 2.78. The molecule has 1 aromatic heterocycles. The molecule has 0 atom stereocenters. The van der Waals surface area contributed by atoms with Crippen molar-refractivity contribution in [2.75, 3.05) is 18.0 Å². The van der Waals surface area contributed by atoms with E-state index in [1.807, 2.05) is 47.8 Å². The highest BCUT2D eigenvalue weighted by atomic mass is 32.1. The van der Waals surface area contributed by atoms with Crippen LogP contribution in [0.3, 0.4) is 0 Å². The van der Waals surface area contributed by atoms with Crippen LogP contribution in [0.5, 0.6) is 0 Å². The van der Waals surface area contributed by atoms with Gasteiger partial charge in [0.2, 0.25) is 0 Å². The highest BCUT2D eigenvalue weighted by molar-refractivity contribution is 7.11. The largest absolute Gasteiger partial charge is 0.366 e. The third-order valence-electron chi connectivity index (χ3n) is 4.94. The molecular weight excluding hydrogens is 332 g/mol. The summed E-state index contributed by atoms with van der Waals surface area (Å²) in [5, 5.41) is 1.95. The molecule has 0 saturated carbocycles. The lowest BCUT2D eigenvalue weighted by Gasteiger charge is -2.32. The molecule has 2 aliphatic heterocycles. The number of nitrogens with zero attached hydrogens (tertiary/aromatic N) is 2. The zero-order valence-corrected chi connectivity index (χ0v) is 15.0. The van der Waals surface area contributed by atoms with Gasteiger partial charge in [0.1, 0.15) is 5.70 Å². The van der Waals surface area contributed by atoms with Gasteiger partial charge in [-0.05, 0) is 42.3 Å². The van der Waals surface area contributed by atoms with Gasteiger partial charge in [0, 0.05) is 18.0 Å². The van der Waals surface area contributed by atoms with Crippen molar-refractivity contribution >= 4 is 34.4 Å². The van der Waals surface area contributed by atoms with Crippen LogP contribution in [-0.2, 0) is 9.59 Å². The van der Waals surface area contributed by atoms with Gasteiger partial charge in [-0.25, -0.2) is 4.90 Å². The van der Waals surface area contributed by atoms with E-state index in [4.69, 9.17) is 0 Å². The zero-order valence-electron chi connectivity index (χ0n) is 14.1. The van der Waals surface area contributed by atoms with Crippen molar-refractivity contribution < 1.29 is 9.59 Å². The van der Waals surface area contributed by atoms with Crippen LogP contribution >= 0.6 is 11.3 Å². The Morgan fingerprint density at radius 2 is 1.68 bits per heavy atom. The second-order valence-corrected chi connectivity index (χ2v) is 7.60. The Labute approximate surface area is 151 Å². The first-order chi connectivity index (χ1) is 12.2. The molecule has 2 aliphatic rings. The van der Waals surface area contributed by atoms with Crippen molar-refractivity contribution in [2.24, 2.45) is 5.92 Å². The Hall–Kier alpha value is -2.40. The Bertz CT molecular complexity index is 819. The Morgan fingerprint density at radius 1 is 0.960 bits per heavy atom. The summed E-state index contributed by atoms with van der Waals surface area (Å²) in [6, 6.07) is 13.0. The van der Waals surface area contributed by atoms with Gasteiger partial charge in [0.15, 0.2) is 0 Å². The average molecular weight is 352 g/mol. The minimum Gasteiger partial charge on any atom is -0.366 e. The summed E-state index contributed by atoms with van der Waals surface area (Å²) in [7, 11) is 0. The summed E-state index contributed by atoms with van der Waals surface area (Å²) in [4.78, 5) is 30.7. The van der Waals surface area contributed by atoms with Crippen LogP contribution in [0.4, 0.5) is 5.69 Å². The predicted molar refractivity (Wildman–Crippen MR) is 100 cm³/mol. The number of likely N-dealkylation sites (tertiary alicyclic amines) is 1.